The van der Waals surface area contributed by atoms with E-state index >= 15 is 0 Å². The Bertz CT molecular complexity index is 459. The summed E-state index contributed by atoms with van der Waals surface area (Å²) in [5.74, 6) is 0. The van der Waals surface area contributed by atoms with Crippen molar-refractivity contribution >= 4 is 21.4 Å². The van der Waals surface area contributed by atoms with E-state index in [1.807, 2.05) is 0 Å². The topological polar surface area (TPSA) is 57.6 Å². The molecule has 0 aromatic carbocycles. The first-order chi connectivity index (χ1) is 8.14. The molecule has 1 saturated heterocycles. The quantitative estimate of drug-likeness (QED) is 0.915. The van der Waals surface area contributed by atoms with E-state index < -0.39 is 10.0 Å². The molecule has 1 aliphatic rings. The van der Waals surface area contributed by atoms with Gasteiger partial charge in [-0.3, -0.25) is 0 Å². The third-order valence-electron chi connectivity index (χ3n) is 2.99. The van der Waals surface area contributed by atoms with E-state index in [0.29, 0.717) is 22.9 Å². The van der Waals surface area contributed by atoms with Crippen LogP contribution in [0.3, 0.4) is 0 Å². The second-order valence-corrected chi connectivity index (χ2v) is 7.16. The third-order valence-corrected chi connectivity index (χ3v) is 5.94. The fraction of sp³-hybridized carbons (Fsp3) is 0.636. The summed E-state index contributed by atoms with van der Waals surface area (Å²) in [6, 6.07) is 1.57. The van der Waals surface area contributed by atoms with Crippen molar-refractivity contribution < 1.29 is 13.5 Å². The number of hydrogen-bond acceptors (Lipinski definition) is 4. The molecule has 0 aliphatic carbocycles. The van der Waals surface area contributed by atoms with Gasteiger partial charge < -0.3 is 5.11 Å². The molecule has 4 nitrogen and oxygen atoms in total. The van der Waals surface area contributed by atoms with Crippen LogP contribution < -0.4 is 0 Å². The standard InChI is InChI=1S/C11H17NO3S2/c13-8-10-7-11(9-16-10)17(14,15)12-5-3-1-2-4-6-12/h7,9,13H,1-6,8H2. The van der Waals surface area contributed by atoms with Gasteiger partial charge in [0.2, 0.25) is 10.0 Å². The zero-order chi connectivity index (χ0) is 12.3. The highest BCUT2D eigenvalue weighted by Gasteiger charge is 2.25. The molecule has 96 valence electrons. The monoisotopic (exact) mass is 275 g/mol. The van der Waals surface area contributed by atoms with Gasteiger partial charge >= 0.3 is 0 Å². The smallest absolute Gasteiger partial charge is 0.243 e. The molecular formula is C11H17NO3S2. The molecule has 0 atom stereocenters. The molecule has 1 aromatic rings. The minimum atomic E-state index is -3.34. The van der Waals surface area contributed by atoms with Gasteiger partial charge in [-0.25, -0.2) is 8.42 Å². The minimum absolute atomic E-state index is 0.0970. The van der Waals surface area contributed by atoms with E-state index in [4.69, 9.17) is 5.11 Å². The molecule has 1 aromatic heterocycles. The zero-order valence-electron chi connectivity index (χ0n) is 9.63. The lowest BCUT2D eigenvalue weighted by Crippen LogP contribution is -2.31. The van der Waals surface area contributed by atoms with Crippen LogP contribution in [0.25, 0.3) is 0 Å². The van der Waals surface area contributed by atoms with E-state index in [1.165, 1.54) is 11.3 Å². The molecule has 0 bridgehead atoms. The predicted molar refractivity (Wildman–Crippen MR) is 67.5 cm³/mol. The van der Waals surface area contributed by atoms with Gasteiger partial charge in [0.15, 0.2) is 0 Å². The number of hydrogen-bond donors (Lipinski definition) is 1. The Morgan fingerprint density at radius 2 is 1.88 bits per heavy atom. The van der Waals surface area contributed by atoms with Gasteiger partial charge in [0.1, 0.15) is 0 Å². The largest absolute Gasteiger partial charge is 0.391 e. The Morgan fingerprint density at radius 3 is 2.41 bits per heavy atom. The van der Waals surface area contributed by atoms with Crippen molar-refractivity contribution in [3.63, 3.8) is 0 Å². The molecule has 1 N–H and O–H groups in total. The Hall–Kier alpha value is -0.430. The van der Waals surface area contributed by atoms with Crippen molar-refractivity contribution in [1.29, 1.82) is 0 Å². The summed E-state index contributed by atoms with van der Waals surface area (Å²) in [5.41, 5.74) is 0. The summed E-state index contributed by atoms with van der Waals surface area (Å²) in [6.07, 6.45) is 4.10. The van der Waals surface area contributed by atoms with Crippen LogP contribution in [-0.2, 0) is 16.6 Å². The fourth-order valence-electron chi connectivity index (χ4n) is 2.01. The van der Waals surface area contributed by atoms with Crippen molar-refractivity contribution in [2.24, 2.45) is 0 Å². The Balaban J connectivity index is 2.22. The van der Waals surface area contributed by atoms with Crippen molar-refractivity contribution in [1.82, 2.24) is 4.31 Å². The van der Waals surface area contributed by atoms with Crippen LogP contribution in [-0.4, -0.2) is 30.9 Å². The number of sulfonamides is 1. The predicted octanol–water partition coefficient (Wildman–Crippen LogP) is 1.81. The fourth-order valence-corrected chi connectivity index (χ4v) is 4.65. The molecule has 0 unspecified atom stereocenters. The maximum absolute atomic E-state index is 12.3. The van der Waals surface area contributed by atoms with Gasteiger partial charge in [-0.2, -0.15) is 4.31 Å². The summed E-state index contributed by atoms with van der Waals surface area (Å²) in [7, 11) is -3.34. The lowest BCUT2D eigenvalue weighted by Gasteiger charge is -2.18. The molecule has 0 amide bonds. The maximum atomic E-state index is 12.3. The number of aliphatic hydroxyl groups excluding tert-OH is 1. The highest BCUT2D eigenvalue weighted by atomic mass is 32.2. The SMILES string of the molecule is O=S(=O)(c1csc(CO)c1)N1CCCCCC1. The van der Waals surface area contributed by atoms with Gasteiger partial charge in [0.05, 0.1) is 11.5 Å². The van der Waals surface area contributed by atoms with Crippen LogP contribution in [0.1, 0.15) is 30.6 Å². The third kappa shape index (κ3) is 2.88. The number of nitrogens with zero attached hydrogens (tertiary/aromatic N) is 1. The molecule has 1 fully saturated rings. The Labute approximate surface area is 106 Å². The second kappa shape index (κ2) is 5.48. The average molecular weight is 275 g/mol. The highest BCUT2D eigenvalue weighted by molar-refractivity contribution is 7.89. The van der Waals surface area contributed by atoms with Crippen LogP contribution in [0.5, 0.6) is 0 Å². The molecule has 0 saturated carbocycles. The Kier molecular flexibility index (Phi) is 4.19. The van der Waals surface area contributed by atoms with Crippen molar-refractivity contribution in [3.8, 4) is 0 Å². The first-order valence-electron chi connectivity index (χ1n) is 5.83. The molecule has 2 rings (SSSR count). The maximum Gasteiger partial charge on any atom is 0.243 e. The van der Waals surface area contributed by atoms with Crippen molar-refractivity contribution in [2.45, 2.75) is 37.2 Å². The van der Waals surface area contributed by atoms with Gasteiger partial charge in [-0.05, 0) is 18.9 Å². The molecule has 0 radical (unpaired) electrons. The highest BCUT2D eigenvalue weighted by Crippen LogP contribution is 2.24. The van der Waals surface area contributed by atoms with E-state index in [0.717, 1.165) is 25.7 Å². The number of aliphatic hydroxyl groups is 1. The zero-order valence-corrected chi connectivity index (χ0v) is 11.3. The molecule has 6 heteroatoms. The molecule has 2 heterocycles. The molecular weight excluding hydrogens is 258 g/mol. The lowest BCUT2D eigenvalue weighted by atomic mass is 10.2. The van der Waals surface area contributed by atoms with Gasteiger partial charge in [0.25, 0.3) is 0 Å². The van der Waals surface area contributed by atoms with Crippen LogP contribution in [0.2, 0.25) is 0 Å². The molecule has 17 heavy (non-hydrogen) atoms. The van der Waals surface area contributed by atoms with Gasteiger partial charge in [0, 0.05) is 23.3 Å². The van der Waals surface area contributed by atoms with E-state index in [9.17, 15) is 8.42 Å². The molecule has 0 spiro atoms. The first-order valence-corrected chi connectivity index (χ1v) is 8.15. The van der Waals surface area contributed by atoms with Crippen LogP contribution in [0.4, 0.5) is 0 Å². The van der Waals surface area contributed by atoms with Crippen LogP contribution in [0.15, 0.2) is 16.3 Å². The van der Waals surface area contributed by atoms with E-state index in [2.05, 4.69) is 0 Å². The van der Waals surface area contributed by atoms with Gasteiger partial charge in [-0.1, -0.05) is 12.8 Å². The van der Waals surface area contributed by atoms with E-state index in [-0.39, 0.29) is 6.61 Å². The van der Waals surface area contributed by atoms with Crippen LogP contribution in [0, 0.1) is 0 Å². The summed E-state index contributed by atoms with van der Waals surface area (Å²) in [4.78, 5) is 1.02. The normalized spacial score (nSPS) is 19.1. The second-order valence-electron chi connectivity index (χ2n) is 4.23. The summed E-state index contributed by atoms with van der Waals surface area (Å²) in [6.45, 7) is 1.14. The number of thiophene rings is 1. The summed E-state index contributed by atoms with van der Waals surface area (Å²) in [5, 5.41) is 10.6. The average Bonchev–Trinajstić information content (AvgIpc) is 2.64. The Morgan fingerprint density at radius 1 is 1.24 bits per heavy atom. The van der Waals surface area contributed by atoms with Crippen molar-refractivity contribution in [2.75, 3.05) is 13.1 Å². The first kappa shape index (κ1) is 13.0. The molecule has 1 aliphatic heterocycles. The van der Waals surface area contributed by atoms with Crippen LogP contribution >= 0.6 is 11.3 Å². The lowest BCUT2D eigenvalue weighted by molar-refractivity contribution is 0.285. The van der Waals surface area contributed by atoms with Crippen molar-refractivity contribution in [3.05, 3.63) is 16.3 Å². The van der Waals surface area contributed by atoms with E-state index in [1.54, 1.807) is 15.8 Å². The summed E-state index contributed by atoms with van der Waals surface area (Å²) < 4.78 is 26.2. The van der Waals surface area contributed by atoms with Gasteiger partial charge in [-0.15, -0.1) is 11.3 Å². The minimum Gasteiger partial charge on any atom is -0.391 e. The number of rotatable bonds is 3. The summed E-state index contributed by atoms with van der Waals surface area (Å²) >= 11 is 1.29.